The zero-order chi connectivity index (χ0) is 18.9. The minimum Gasteiger partial charge on any atom is -0.495 e. The van der Waals surface area contributed by atoms with Crippen molar-refractivity contribution in [1.29, 1.82) is 0 Å². The zero-order valence-electron chi connectivity index (χ0n) is 15.0. The standard InChI is InChI=1S/C17H22N4O4S/c1-12-4-5-16(25-3)17(8-12)26(23,24)20-6-7-21-15(11-20)9-14(19-21)10-18-13(2)22/h4-5,8-9H,6-7,10-11H2,1-3H3,(H,18,22). The SMILES string of the molecule is COc1ccc(C)cc1S(=O)(=O)N1CCn2nc(CNC(C)=O)cc2C1. The summed E-state index contributed by atoms with van der Waals surface area (Å²) >= 11 is 0. The predicted octanol–water partition coefficient (Wildman–Crippen LogP) is 1.04. The lowest BCUT2D eigenvalue weighted by molar-refractivity contribution is -0.119. The summed E-state index contributed by atoms with van der Waals surface area (Å²) in [4.78, 5) is 11.2. The van der Waals surface area contributed by atoms with Gasteiger partial charge in [-0.15, -0.1) is 0 Å². The van der Waals surface area contributed by atoms with E-state index in [2.05, 4.69) is 10.4 Å². The van der Waals surface area contributed by atoms with E-state index in [1.807, 2.05) is 19.1 Å². The van der Waals surface area contributed by atoms with Gasteiger partial charge in [-0.1, -0.05) is 6.07 Å². The number of rotatable bonds is 5. The number of aromatic nitrogens is 2. The first-order valence-electron chi connectivity index (χ1n) is 8.26. The highest BCUT2D eigenvalue weighted by atomic mass is 32.2. The molecular formula is C17H22N4O4S. The second kappa shape index (κ2) is 7.08. The average molecular weight is 378 g/mol. The van der Waals surface area contributed by atoms with Gasteiger partial charge >= 0.3 is 0 Å². The van der Waals surface area contributed by atoms with Gasteiger partial charge in [0.25, 0.3) is 0 Å². The molecule has 2 aromatic rings. The van der Waals surface area contributed by atoms with E-state index in [0.29, 0.717) is 31.1 Å². The highest BCUT2D eigenvalue weighted by Gasteiger charge is 2.31. The Kier molecular flexibility index (Phi) is 5.01. The molecule has 2 heterocycles. The molecule has 0 atom stereocenters. The van der Waals surface area contributed by atoms with Gasteiger partial charge in [0.2, 0.25) is 15.9 Å². The van der Waals surface area contributed by atoms with Crippen LogP contribution in [0.1, 0.15) is 23.9 Å². The molecule has 0 bridgehead atoms. The maximum Gasteiger partial charge on any atom is 0.247 e. The summed E-state index contributed by atoms with van der Waals surface area (Å²) in [7, 11) is -2.23. The van der Waals surface area contributed by atoms with Gasteiger partial charge < -0.3 is 10.1 Å². The van der Waals surface area contributed by atoms with Crippen molar-refractivity contribution >= 4 is 15.9 Å². The minimum atomic E-state index is -3.69. The third-order valence-electron chi connectivity index (χ3n) is 4.27. The number of carbonyl (C=O) groups excluding carboxylic acids is 1. The number of carbonyl (C=O) groups is 1. The van der Waals surface area contributed by atoms with Crippen molar-refractivity contribution in [3.05, 3.63) is 41.2 Å². The number of fused-ring (bicyclic) bond motifs is 1. The fourth-order valence-electron chi connectivity index (χ4n) is 2.93. The fraction of sp³-hybridized carbons (Fsp3) is 0.412. The van der Waals surface area contributed by atoms with Crippen molar-refractivity contribution in [2.24, 2.45) is 0 Å². The second-order valence-electron chi connectivity index (χ2n) is 6.25. The number of amides is 1. The zero-order valence-corrected chi connectivity index (χ0v) is 15.8. The molecule has 3 rings (SSSR count). The van der Waals surface area contributed by atoms with E-state index in [1.54, 1.807) is 16.8 Å². The Morgan fingerprint density at radius 3 is 2.77 bits per heavy atom. The summed E-state index contributed by atoms with van der Waals surface area (Å²) in [5, 5.41) is 7.11. The van der Waals surface area contributed by atoms with Crippen LogP contribution in [-0.4, -0.2) is 42.1 Å². The van der Waals surface area contributed by atoms with Gasteiger partial charge in [-0.2, -0.15) is 9.40 Å². The fourth-order valence-corrected chi connectivity index (χ4v) is 4.58. The van der Waals surface area contributed by atoms with E-state index >= 15 is 0 Å². The molecule has 140 valence electrons. The molecular weight excluding hydrogens is 356 g/mol. The van der Waals surface area contributed by atoms with Crippen molar-refractivity contribution in [1.82, 2.24) is 19.4 Å². The molecule has 0 fully saturated rings. The lowest BCUT2D eigenvalue weighted by Gasteiger charge is -2.27. The van der Waals surface area contributed by atoms with E-state index in [-0.39, 0.29) is 17.3 Å². The van der Waals surface area contributed by atoms with Crippen molar-refractivity contribution in [2.45, 2.75) is 38.4 Å². The number of hydrogen-bond acceptors (Lipinski definition) is 5. The van der Waals surface area contributed by atoms with Crippen molar-refractivity contribution < 1.29 is 17.9 Å². The molecule has 1 aliphatic rings. The molecule has 8 nitrogen and oxygen atoms in total. The molecule has 0 saturated heterocycles. The van der Waals surface area contributed by atoms with Crippen LogP contribution in [0.25, 0.3) is 0 Å². The van der Waals surface area contributed by atoms with Crippen LogP contribution in [-0.2, 0) is 34.5 Å². The van der Waals surface area contributed by atoms with E-state index in [0.717, 1.165) is 11.3 Å². The Morgan fingerprint density at radius 1 is 1.31 bits per heavy atom. The first kappa shape index (κ1) is 18.4. The lowest BCUT2D eigenvalue weighted by Crippen LogP contribution is -2.38. The van der Waals surface area contributed by atoms with Crippen LogP contribution in [0.3, 0.4) is 0 Å². The summed E-state index contributed by atoms with van der Waals surface area (Å²) in [6.07, 6.45) is 0. The summed E-state index contributed by atoms with van der Waals surface area (Å²) < 4.78 is 34.7. The highest BCUT2D eigenvalue weighted by molar-refractivity contribution is 7.89. The first-order valence-corrected chi connectivity index (χ1v) is 9.70. The lowest BCUT2D eigenvalue weighted by atomic mass is 10.2. The van der Waals surface area contributed by atoms with Crippen LogP contribution in [0.2, 0.25) is 0 Å². The topological polar surface area (TPSA) is 93.5 Å². The monoisotopic (exact) mass is 378 g/mol. The van der Waals surface area contributed by atoms with E-state index in [9.17, 15) is 13.2 Å². The number of sulfonamides is 1. The first-order chi connectivity index (χ1) is 12.3. The third kappa shape index (κ3) is 3.58. The molecule has 1 aromatic carbocycles. The molecule has 0 radical (unpaired) electrons. The number of methoxy groups -OCH3 is 1. The van der Waals surface area contributed by atoms with Gasteiger partial charge in [0, 0.05) is 13.5 Å². The van der Waals surface area contributed by atoms with Gasteiger partial charge in [0.1, 0.15) is 10.6 Å². The maximum absolute atomic E-state index is 13.1. The van der Waals surface area contributed by atoms with E-state index < -0.39 is 10.0 Å². The van der Waals surface area contributed by atoms with Crippen LogP contribution in [0, 0.1) is 6.92 Å². The molecule has 0 aliphatic carbocycles. The molecule has 1 N–H and O–H groups in total. The van der Waals surface area contributed by atoms with E-state index in [4.69, 9.17) is 4.74 Å². The van der Waals surface area contributed by atoms with Crippen LogP contribution in [0.5, 0.6) is 5.75 Å². The molecule has 9 heteroatoms. The maximum atomic E-state index is 13.1. The number of nitrogens with zero attached hydrogens (tertiary/aromatic N) is 3. The minimum absolute atomic E-state index is 0.133. The molecule has 1 aliphatic heterocycles. The molecule has 0 saturated carbocycles. The van der Waals surface area contributed by atoms with Gasteiger partial charge in [-0.3, -0.25) is 9.48 Å². The Hall–Kier alpha value is -2.39. The molecule has 0 unspecified atom stereocenters. The van der Waals surface area contributed by atoms with Gasteiger partial charge in [0.05, 0.1) is 38.1 Å². The Labute approximate surface area is 152 Å². The summed E-state index contributed by atoms with van der Waals surface area (Å²) in [6, 6.07) is 6.94. The highest BCUT2D eigenvalue weighted by Crippen LogP contribution is 2.29. The van der Waals surface area contributed by atoms with Crippen LogP contribution < -0.4 is 10.1 Å². The third-order valence-corrected chi connectivity index (χ3v) is 6.14. The number of aryl methyl sites for hydroxylation is 1. The Morgan fingerprint density at radius 2 is 2.08 bits per heavy atom. The number of hydrogen-bond donors (Lipinski definition) is 1. The van der Waals surface area contributed by atoms with Crippen LogP contribution in [0.15, 0.2) is 29.2 Å². The Bertz CT molecular complexity index is 936. The molecule has 1 amide bonds. The quantitative estimate of drug-likeness (QED) is 0.839. The smallest absolute Gasteiger partial charge is 0.247 e. The van der Waals surface area contributed by atoms with Gasteiger partial charge in [-0.05, 0) is 30.7 Å². The summed E-state index contributed by atoms with van der Waals surface area (Å²) in [5.74, 6) is 0.202. The van der Waals surface area contributed by atoms with Crippen molar-refractivity contribution in [3.8, 4) is 5.75 Å². The van der Waals surface area contributed by atoms with Crippen molar-refractivity contribution in [2.75, 3.05) is 13.7 Å². The predicted molar refractivity (Wildman–Crippen MR) is 95.1 cm³/mol. The largest absolute Gasteiger partial charge is 0.495 e. The summed E-state index contributed by atoms with van der Waals surface area (Å²) in [6.45, 7) is 4.63. The molecule has 0 spiro atoms. The summed E-state index contributed by atoms with van der Waals surface area (Å²) in [5.41, 5.74) is 2.36. The number of benzene rings is 1. The number of nitrogens with one attached hydrogen (secondary N) is 1. The van der Waals surface area contributed by atoms with Crippen molar-refractivity contribution in [3.63, 3.8) is 0 Å². The van der Waals surface area contributed by atoms with Crippen LogP contribution >= 0.6 is 0 Å². The van der Waals surface area contributed by atoms with Gasteiger partial charge in [0.15, 0.2) is 0 Å². The van der Waals surface area contributed by atoms with Gasteiger partial charge in [-0.25, -0.2) is 8.42 Å². The van der Waals surface area contributed by atoms with Crippen LogP contribution in [0.4, 0.5) is 0 Å². The molecule has 1 aromatic heterocycles. The average Bonchev–Trinajstić information content (AvgIpc) is 3.02. The normalized spacial score (nSPS) is 14.7. The molecule has 26 heavy (non-hydrogen) atoms. The number of ether oxygens (including phenoxy) is 1. The van der Waals surface area contributed by atoms with E-state index in [1.165, 1.54) is 18.3 Å². The second-order valence-corrected chi connectivity index (χ2v) is 8.16. The Balaban J connectivity index is 1.86.